The van der Waals surface area contributed by atoms with Gasteiger partial charge >= 0.3 is 6.03 Å². The summed E-state index contributed by atoms with van der Waals surface area (Å²) in [5.74, 6) is 0.505. The van der Waals surface area contributed by atoms with Crippen LogP contribution in [0.5, 0.6) is 0 Å². The molecular weight excluding hydrogens is 314 g/mol. The van der Waals surface area contributed by atoms with Gasteiger partial charge in [0, 0.05) is 11.1 Å². The molecule has 0 aromatic carbocycles. The van der Waals surface area contributed by atoms with Gasteiger partial charge < -0.3 is 10.6 Å². The van der Waals surface area contributed by atoms with Crippen LogP contribution in [0.2, 0.25) is 0 Å². The molecule has 0 bridgehead atoms. The quantitative estimate of drug-likeness (QED) is 0.763. The van der Waals surface area contributed by atoms with Gasteiger partial charge in [0.15, 0.2) is 5.82 Å². The average Bonchev–Trinajstić information content (AvgIpc) is 3.15. The van der Waals surface area contributed by atoms with Crippen molar-refractivity contribution in [1.29, 1.82) is 0 Å². The van der Waals surface area contributed by atoms with Crippen LogP contribution in [-0.4, -0.2) is 30.8 Å². The second-order valence-corrected chi connectivity index (χ2v) is 6.05. The number of hydrogen-bond donors (Lipinski definition) is 2. The van der Waals surface area contributed by atoms with Gasteiger partial charge in [-0.3, -0.25) is 0 Å². The molecule has 0 aliphatic rings. The first kappa shape index (κ1) is 15.1. The van der Waals surface area contributed by atoms with Gasteiger partial charge in [-0.05, 0) is 26.0 Å². The van der Waals surface area contributed by atoms with Crippen molar-refractivity contribution >= 4 is 23.1 Å². The Morgan fingerprint density at radius 2 is 2.26 bits per heavy atom. The standard InChI is InChI=1S/C14H15N7OS/c1-9-12(23-10(2)19-9)6-17-14(22)20-11-4-3-5-16-13(11)21-8-15-7-18-21/h3-5,7-8H,6H2,1-2H3,(H2,17,20,22). The lowest BCUT2D eigenvalue weighted by Gasteiger charge is -2.10. The first-order valence-corrected chi connectivity index (χ1v) is 7.73. The molecule has 9 heteroatoms. The van der Waals surface area contributed by atoms with E-state index < -0.39 is 0 Å². The molecule has 2 amide bonds. The lowest BCUT2D eigenvalue weighted by molar-refractivity contribution is 0.252. The zero-order valence-electron chi connectivity index (χ0n) is 12.6. The summed E-state index contributed by atoms with van der Waals surface area (Å²) in [6.07, 6.45) is 4.56. The summed E-state index contributed by atoms with van der Waals surface area (Å²) in [7, 11) is 0. The lowest BCUT2D eigenvalue weighted by atomic mass is 10.4. The van der Waals surface area contributed by atoms with Gasteiger partial charge in [-0.25, -0.2) is 24.4 Å². The number of aromatic nitrogens is 5. The maximum atomic E-state index is 12.1. The summed E-state index contributed by atoms with van der Waals surface area (Å²) in [5, 5.41) is 10.6. The average molecular weight is 329 g/mol. The summed E-state index contributed by atoms with van der Waals surface area (Å²) < 4.78 is 1.49. The molecule has 0 radical (unpaired) electrons. The highest BCUT2D eigenvalue weighted by Crippen LogP contribution is 2.17. The fourth-order valence-electron chi connectivity index (χ4n) is 2.06. The van der Waals surface area contributed by atoms with E-state index in [-0.39, 0.29) is 6.03 Å². The largest absolute Gasteiger partial charge is 0.333 e. The van der Waals surface area contributed by atoms with Crippen molar-refractivity contribution in [3.8, 4) is 5.82 Å². The predicted molar refractivity (Wildman–Crippen MR) is 86.6 cm³/mol. The van der Waals surface area contributed by atoms with Crippen LogP contribution in [0.4, 0.5) is 10.5 Å². The van der Waals surface area contributed by atoms with Gasteiger partial charge in [0.1, 0.15) is 12.7 Å². The Kier molecular flexibility index (Phi) is 4.29. The Morgan fingerprint density at radius 3 is 2.96 bits per heavy atom. The smallest absolute Gasteiger partial charge is 0.319 e. The number of rotatable bonds is 4. The van der Waals surface area contributed by atoms with Gasteiger partial charge in [0.25, 0.3) is 0 Å². The van der Waals surface area contributed by atoms with E-state index in [2.05, 4.69) is 30.7 Å². The number of nitrogens with one attached hydrogen (secondary N) is 2. The van der Waals surface area contributed by atoms with E-state index in [0.29, 0.717) is 18.1 Å². The minimum atomic E-state index is -0.315. The Balaban J connectivity index is 1.68. The Morgan fingerprint density at radius 1 is 1.39 bits per heavy atom. The van der Waals surface area contributed by atoms with Gasteiger partial charge in [-0.2, -0.15) is 5.10 Å². The molecule has 0 saturated heterocycles. The molecular formula is C14H15N7OS. The summed E-state index contributed by atoms with van der Waals surface area (Å²) in [5.41, 5.74) is 1.49. The third kappa shape index (κ3) is 3.51. The summed E-state index contributed by atoms with van der Waals surface area (Å²) in [6.45, 7) is 4.31. The second kappa shape index (κ2) is 6.53. The number of urea groups is 1. The zero-order valence-corrected chi connectivity index (χ0v) is 13.5. The molecule has 23 heavy (non-hydrogen) atoms. The number of carbonyl (C=O) groups excluding carboxylic acids is 1. The van der Waals surface area contributed by atoms with Crippen molar-refractivity contribution in [3.63, 3.8) is 0 Å². The minimum absolute atomic E-state index is 0.315. The fourth-order valence-corrected chi connectivity index (χ4v) is 2.94. The number of aryl methyl sites for hydroxylation is 2. The monoisotopic (exact) mass is 329 g/mol. The molecule has 0 unspecified atom stereocenters. The summed E-state index contributed by atoms with van der Waals surface area (Å²) >= 11 is 1.58. The Bertz CT molecular complexity index is 812. The molecule has 3 rings (SSSR count). The van der Waals surface area contributed by atoms with E-state index in [1.165, 1.54) is 17.3 Å². The molecule has 3 aromatic rings. The highest BCUT2D eigenvalue weighted by Gasteiger charge is 2.11. The molecule has 0 aliphatic carbocycles. The number of amides is 2. The number of thiazole rings is 1. The Labute approximate surface area is 136 Å². The van der Waals surface area contributed by atoms with Crippen LogP contribution in [0, 0.1) is 13.8 Å². The third-order valence-corrected chi connectivity index (χ3v) is 4.15. The summed E-state index contributed by atoms with van der Waals surface area (Å²) in [4.78, 5) is 25.6. The van der Waals surface area contributed by atoms with Crippen LogP contribution < -0.4 is 10.6 Å². The normalized spacial score (nSPS) is 10.5. The molecule has 3 aromatic heterocycles. The summed E-state index contributed by atoms with van der Waals surface area (Å²) in [6, 6.07) is 3.18. The van der Waals surface area contributed by atoms with Crippen LogP contribution in [-0.2, 0) is 6.54 Å². The maximum absolute atomic E-state index is 12.1. The van der Waals surface area contributed by atoms with Crippen molar-refractivity contribution in [2.45, 2.75) is 20.4 Å². The number of pyridine rings is 1. The molecule has 0 aliphatic heterocycles. The van der Waals surface area contributed by atoms with Crippen LogP contribution in [0.1, 0.15) is 15.6 Å². The van der Waals surface area contributed by atoms with Crippen LogP contribution in [0.3, 0.4) is 0 Å². The van der Waals surface area contributed by atoms with Crippen molar-refractivity contribution < 1.29 is 4.79 Å². The van der Waals surface area contributed by atoms with Gasteiger partial charge in [-0.1, -0.05) is 0 Å². The number of carbonyl (C=O) groups is 1. The topological polar surface area (TPSA) is 97.6 Å². The van der Waals surface area contributed by atoms with E-state index in [0.717, 1.165) is 15.6 Å². The highest BCUT2D eigenvalue weighted by molar-refractivity contribution is 7.11. The van der Waals surface area contributed by atoms with E-state index >= 15 is 0 Å². The number of hydrogen-bond acceptors (Lipinski definition) is 6. The zero-order chi connectivity index (χ0) is 16.2. The molecule has 2 N–H and O–H groups in total. The third-order valence-electron chi connectivity index (χ3n) is 3.08. The Hall–Kier alpha value is -2.81. The molecule has 0 saturated carbocycles. The van der Waals surface area contributed by atoms with Crippen LogP contribution in [0.15, 0.2) is 31.0 Å². The molecule has 0 fully saturated rings. The van der Waals surface area contributed by atoms with Crippen molar-refractivity contribution in [2.75, 3.05) is 5.32 Å². The van der Waals surface area contributed by atoms with Gasteiger partial charge in [0.05, 0.1) is 22.9 Å². The van der Waals surface area contributed by atoms with Gasteiger partial charge in [-0.15, -0.1) is 11.3 Å². The van der Waals surface area contributed by atoms with Crippen molar-refractivity contribution in [3.05, 3.63) is 46.6 Å². The second-order valence-electron chi connectivity index (χ2n) is 4.76. The first-order valence-electron chi connectivity index (χ1n) is 6.91. The highest BCUT2D eigenvalue weighted by atomic mass is 32.1. The molecule has 3 heterocycles. The van der Waals surface area contributed by atoms with E-state index in [4.69, 9.17) is 0 Å². The SMILES string of the molecule is Cc1nc(C)c(CNC(=O)Nc2cccnc2-n2cncn2)s1. The van der Waals surface area contributed by atoms with Crippen LogP contribution in [0.25, 0.3) is 5.82 Å². The molecule has 0 atom stereocenters. The molecule has 118 valence electrons. The van der Waals surface area contributed by atoms with Crippen molar-refractivity contribution in [2.24, 2.45) is 0 Å². The first-order chi connectivity index (χ1) is 11.1. The number of nitrogens with zero attached hydrogens (tertiary/aromatic N) is 5. The predicted octanol–water partition coefficient (Wildman–Crippen LogP) is 2.06. The number of anilines is 1. The van der Waals surface area contributed by atoms with Crippen molar-refractivity contribution in [1.82, 2.24) is 30.0 Å². The molecule has 8 nitrogen and oxygen atoms in total. The van der Waals surface area contributed by atoms with Gasteiger partial charge in [0.2, 0.25) is 0 Å². The fraction of sp³-hybridized carbons (Fsp3) is 0.214. The lowest BCUT2D eigenvalue weighted by Crippen LogP contribution is -2.28. The maximum Gasteiger partial charge on any atom is 0.319 e. The van der Waals surface area contributed by atoms with E-state index in [1.54, 1.807) is 29.7 Å². The van der Waals surface area contributed by atoms with Crippen LogP contribution >= 0.6 is 11.3 Å². The molecule has 0 spiro atoms. The van der Waals surface area contributed by atoms with E-state index in [1.807, 2.05) is 13.8 Å². The minimum Gasteiger partial charge on any atom is -0.333 e. The van der Waals surface area contributed by atoms with E-state index in [9.17, 15) is 4.79 Å².